The number of nitrogens with one attached hydrogen (secondary N) is 2. The first kappa shape index (κ1) is 27.6. The van der Waals surface area contributed by atoms with Gasteiger partial charge in [-0.1, -0.05) is 40.2 Å². The molecule has 0 fully saturated rings. The molecular formula is C22H33N3O6S2. The zero-order valence-corrected chi connectivity index (χ0v) is 20.3. The molecule has 1 aromatic carbocycles. The predicted molar refractivity (Wildman–Crippen MR) is 132 cm³/mol. The van der Waals surface area contributed by atoms with Gasteiger partial charge in [0.05, 0.1) is 43.5 Å². The van der Waals surface area contributed by atoms with Crippen LogP contribution in [0.25, 0.3) is 0 Å². The lowest BCUT2D eigenvalue weighted by Crippen LogP contribution is -2.27. The van der Waals surface area contributed by atoms with E-state index in [4.69, 9.17) is 14.6 Å². The summed E-state index contributed by atoms with van der Waals surface area (Å²) in [4.78, 5) is 22.3. The number of hydrogen-bond donors (Lipinski definition) is 3. The molecule has 33 heavy (non-hydrogen) atoms. The van der Waals surface area contributed by atoms with Crippen LogP contribution in [-0.4, -0.2) is 60.7 Å². The first-order valence-corrected chi connectivity index (χ1v) is 13.4. The number of ether oxygens (including phenoxy) is 2. The summed E-state index contributed by atoms with van der Waals surface area (Å²) in [5.74, 6) is 0.0706. The summed E-state index contributed by atoms with van der Waals surface area (Å²) in [5.41, 5.74) is 1.00. The molecule has 0 spiro atoms. The predicted octanol–water partition coefficient (Wildman–Crippen LogP) is 3.16. The lowest BCUT2D eigenvalue weighted by Gasteiger charge is -2.09. The third kappa shape index (κ3) is 11.9. The fourth-order valence-electron chi connectivity index (χ4n) is 3.10. The highest BCUT2D eigenvalue weighted by molar-refractivity contribution is 8.78. The minimum atomic E-state index is -0.488. The Bertz CT molecular complexity index is 766. The number of nitro benzene ring substituents is 1. The molecule has 11 heteroatoms. The number of carbonyl (C=O) groups is 1. The molecule has 0 saturated heterocycles. The summed E-state index contributed by atoms with van der Waals surface area (Å²) >= 11 is 0. The second kappa shape index (κ2) is 16.9. The van der Waals surface area contributed by atoms with E-state index in [0.29, 0.717) is 63.3 Å². The van der Waals surface area contributed by atoms with Crippen LogP contribution in [0.4, 0.5) is 5.69 Å². The maximum Gasteiger partial charge on any atom is 0.275 e. The van der Waals surface area contributed by atoms with E-state index in [-0.39, 0.29) is 18.2 Å². The summed E-state index contributed by atoms with van der Waals surface area (Å²) < 4.78 is 10.9. The first-order chi connectivity index (χ1) is 16.1. The normalized spacial score (nSPS) is 15.1. The Morgan fingerprint density at radius 3 is 2.64 bits per heavy atom. The Morgan fingerprint density at radius 1 is 1.15 bits per heavy atom. The van der Waals surface area contributed by atoms with E-state index in [0.717, 1.165) is 24.8 Å². The summed E-state index contributed by atoms with van der Waals surface area (Å²) in [6.45, 7) is 3.07. The second-order valence-corrected chi connectivity index (χ2v) is 9.85. The average Bonchev–Trinajstić information content (AvgIpc) is 3.33. The van der Waals surface area contributed by atoms with Crippen molar-refractivity contribution in [1.29, 1.82) is 0 Å². The van der Waals surface area contributed by atoms with E-state index in [9.17, 15) is 14.9 Å². The Hall–Kier alpha value is -1.63. The van der Waals surface area contributed by atoms with Crippen LogP contribution in [0.2, 0.25) is 0 Å². The highest BCUT2D eigenvalue weighted by atomic mass is 33.1. The molecule has 9 nitrogen and oxygen atoms in total. The lowest BCUT2D eigenvalue weighted by atomic mass is 10.1. The molecule has 0 bridgehead atoms. The zero-order valence-electron chi connectivity index (χ0n) is 18.7. The van der Waals surface area contributed by atoms with Crippen molar-refractivity contribution in [2.45, 2.75) is 44.1 Å². The van der Waals surface area contributed by atoms with Gasteiger partial charge in [-0.3, -0.25) is 14.9 Å². The lowest BCUT2D eigenvalue weighted by molar-refractivity contribution is -0.385. The van der Waals surface area contributed by atoms with Gasteiger partial charge in [0.25, 0.3) is 5.69 Å². The van der Waals surface area contributed by atoms with E-state index < -0.39 is 4.92 Å². The SMILES string of the molecule is O=C(CCCCC1C=CSS1)NCCOCCOCCNCc1ccc(CO)c([N+](=O)[O-])c1. The molecule has 1 aromatic rings. The van der Waals surface area contributed by atoms with Crippen molar-refractivity contribution in [2.75, 3.05) is 39.5 Å². The molecule has 0 aliphatic carbocycles. The van der Waals surface area contributed by atoms with Crippen molar-refractivity contribution in [2.24, 2.45) is 0 Å². The van der Waals surface area contributed by atoms with E-state index in [1.54, 1.807) is 22.9 Å². The van der Waals surface area contributed by atoms with Crippen LogP contribution in [0.15, 0.2) is 29.7 Å². The molecule has 1 atom stereocenters. The topological polar surface area (TPSA) is 123 Å². The van der Waals surface area contributed by atoms with Gasteiger partial charge in [0, 0.05) is 37.4 Å². The number of amides is 1. The fraction of sp³-hybridized carbons (Fsp3) is 0.591. The quantitative estimate of drug-likeness (QED) is 0.121. The van der Waals surface area contributed by atoms with Gasteiger partial charge >= 0.3 is 0 Å². The second-order valence-electron chi connectivity index (χ2n) is 7.43. The molecule has 1 heterocycles. The number of hydrogen-bond acceptors (Lipinski definition) is 9. The standard InChI is InChI=1S/C22H33N3O6S2/c26-17-19-6-5-18(15-21(19)25(28)29)16-23-8-10-30-12-13-31-11-9-24-22(27)4-2-1-3-20-7-14-32-33-20/h5-7,14-15,20,23,26H,1-4,8-13,16-17H2,(H,24,27). The van der Waals surface area contributed by atoms with Crippen LogP contribution >= 0.6 is 21.6 Å². The molecule has 3 N–H and O–H groups in total. The maximum atomic E-state index is 11.8. The van der Waals surface area contributed by atoms with Gasteiger partial charge in [-0.15, -0.1) is 0 Å². The molecule has 1 amide bonds. The van der Waals surface area contributed by atoms with Crippen LogP contribution in [0.5, 0.6) is 0 Å². The van der Waals surface area contributed by atoms with Gasteiger partial charge in [0.2, 0.25) is 5.91 Å². The van der Waals surface area contributed by atoms with Gasteiger partial charge in [-0.2, -0.15) is 0 Å². The number of unbranched alkanes of at least 4 members (excludes halogenated alkanes) is 1. The minimum absolute atomic E-state index is 0.0706. The molecule has 1 unspecified atom stereocenters. The van der Waals surface area contributed by atoms with Gasteiger partial charge in [-0.25, -0.2) is 0 Å². The van der Waals surface area contributed by atoms with Gasteiger partial charge in [0.15, 0.2) is 0 Å². The number of carbonyl (C=O) groups excluding carboxylic acids is 1. The van der Waals surface area contributed by atoms with Crippen LogP contribution in [0.1, 0.15) is 36.8 Å². The molecule has 0 radical (unpaired) electrons. The van der Waals surface area contributed by atoms with Gasteiger partial charge < -0.3 is 25.2 Å². The van der Waals surface area contributed by atoms with Gasteiger partial charge in [-0.05, 0) is 29.9 Å². The Kier molecular flexibility index (Phi) is 14.1. The maximum absolute atomic E-state index is 11.8. The van der Waals surface area contributed by atoms with Crippen molar-refractivity contribution >= 4 is 33.2 Å². The number of aliphatic hydroxyl groups is 1. The van der Waals surface area contributed by atoms with E-state index in [1.807, 2.05) is 10.8 Å². The smallest absolute Gasteiger partial charge is 0.275 e. The van der Waals surface area contributed by atoms with Crippen LogP contribution in [0.3, 0.4) is 0 Å². The molecule has 0 saturated carbocycles. The van der Waals surface area contributed by atoms with Crippen molar-refractivity contribution in [3.05, 3.63) is 50.9 Å². The molecule has 0 aromatic heterocycles. The number of nitrogens with zero attached hydrogens (tertiary/aromatic N) is 1. The van der Waals surface area contributed by atoms with Crippen LogP contribution in [0, 0.1) is 10.1 Å². The van der Waals surface area contributed by atoms with E-state index in [2.05, 4.69) is 22.1 Å². The fourth-order valence-corrected chi connectivity index (χ4v) is 5.36. The number of benzene rings is 1. The largest absolute Gasteiger partial charge is 0.391 e. The first-order valence-electron chi connectivity index (χ1n) is 11.1. The molecule has 1 aliphatic rings. The summed E-state index contributed by atoms with van der Waals surface area (Å²) in [6.07, 6.45) is 5.88. The zero-order chi connectivity index (χ0) is 23.7. The average molecular weight is 500 g/mol. The summed E-state index contributed by atoms with van der Waals surface area (Å²) in [7, 11) is 3.66. The van der Waals surface area contributed by atoms with Crippen LogP contribution < -0.4 is 10.6 Å². The van der Waals surface area contributed by atoms with Crippen molar-refractivity contribution < 1.29 is 24.3 Å². The third-order valence-electron chi connectivity index (χ3n) is 4.88. The van der Waals surface area contributed by atoms with Crippen molar-refractivity contribution in [3.63, 3.8) is 0 Å². The number of aliphatic hydroxyl groups excluding tert-OH is 1. The van der Waals surface area contributed by atoms with Crippen molar-refractivity contribution in [1.82, 2.24) is 10.6 Å². The monoisotopic (exact) mass is 499 g/mol. The summed E-state index contributed by atoms with van der Waals surface area (Å²) in [6, 6.07) is 4.79. The Balaban J connectivity index is 1.37. The molecule has 2 rings (SSSR count). The summed E-state index contributed by atoms with van der Waals surface area (Å²) in [5, 5.41) is 28.9. The Morgan fingerprint density at radius 2 is 1.94 bits per heavy atom. The van der Waals surface area contributed by atoms with E-state index >= 15 is 0 Å². The Labute approximate surface area is 202 Å². The number of rotatable bonds is 18. The van der Waals surface area contributed by atoms with Crippen LogP contribution in [-0.2, 0) is 27.4 Å². The van der Waals surface area contributed by atoms with Gasteiger partial charge in [0.1, 0.15) is 0 Å². The molecule has 184 valence electrons. The minimum Gasteiger partial charge on any atom is -0.391 e. The van der Waals surface area contributed by atoms with Crippen molar-refractivity contribution in [3.8, 4) is 0 Å². The highest BCUT2D eigenvalue weighted by Crippen LogP contribution is 2.37. The number of nitro groups is 1. The molecule has 1 aliphatic heterocycles. The molecular weight excluding hydrogens is 466 g/mol. The highest BCUT2D eigenvalue weighted by Gasteiger charge is 2.13. The third-order valence-corrected chi connectivity index (χ3v) is 7.31. The van der Waals surface area contributed by atoms with E-state index in [1.165, 1.54) is 6.07 Å².